The van der Waals surface area contributed by atoms with Gasteiger partial charge in [-0.1, -0.05) is 38.0 Å². The highest BCUT2D eigenvalue weighted by molar-refractivity contribution is 7.89. The summed E-state index contributed by atoms with van der Waals surface area (Å²) in [7, 11) is -3.91. The van der Waals surface area contributed by atoms with Crippen LogP contribution in [0.3, 0.4) is 0 Å². The first kappa shape index (κ1) is 16.8. The van der Waals surface area contributed by atoms with Crippen molar-refractivity contribution in [2.24, 2.45) is 5.92 Å². The van der Waals surface area contributed by atoms with Crippen molar-refractivity contribution >= 4 is 16.1 Å². The maximum atomic E-state index is 13.1. The third-order valence-corrected chi connectivity index (χ3v) is 6.38. The van der Waals surface area contributed by atoms with Crippen LogP contribution in [0.2, 0.25) is 0 Å². The standard InChI is InChI=1S/C16H23NO4S/c1-6-11(3)14-9-21-16(18)17(14)22(19,20)15-12(4)7-10(2)8-13(15)5/h7-8,11,14H,6,9H2,1-5H3/t11-,14+/m0/s1. The molecule has 0 radical (unpaired) electrons. The second kappa shape index (κ2) is 5.91. The number of nitrogens with zero attached hydrogens (tertiary/aromatic N) is 1. The molecule has 1 aliphatic heterocycles. The third-order valence-electron chi connectivity index (χ3n) is 4.28. The van der Waals surface area contributed by atoms with Crippen molar-refractivity contribution in [3.8, 4) is 0 Å². The summed E-state index contributed by atoms with van der Waals surface area (Å²) in [6.07, 6.45) is 0.00352. The average molecular weight is 325 g/mol. The van der Waals surface area contributed by atoms with Gasteiger partial charge in [-0.15, -0.1) is 0 Å². The molecule has 22 heavy (non-hydrogen) atoms. The van der Waals surface area contributed by atoms with Gasteiger partial charge in [0.25, 0.3) is 10.0 Å². The Morgan fingerprint density at radius 3 is 2.32 bits per heavy atom. The number of carbonyl (C=O) groups excluding carboxylic acids is 1. The highest BCUT2D eigenvalue weighted by Crippen LogP contribution is 2.32. The first-order valence-electron chi connectivity index (χ1n) is 7.49. The molecule has 1 heterocycles. The van der Waals surface area contributed by atoms with E-state index in [1.807, 2.05) is 32.9 Å². The molecule has 0 spiro atoms. The molecule has 6 heteroatoms. The van der Waals surface area contributed by atoms with Crippen LogP contribution < -0.4 is 0 Å². The molecule has 1 aromatic carbocycles. The van der Waals surface area contributed by atoms with Gasteiger partial charge in [-0.3, -0.25) is 0 Å². The lowest BCUT2D eigenvalue weighted by Crippen LogP contribution is -2.42. The second-order valence-corrected chi connectivity index (χ2v) is 7.81. The van der Waals surface area contributed by atoms with Crippen molar-refractivity contribution in [3.63, 3.8) is 0 Å². The van der Waals surface area contributed by atoms with Crippen molar-refractivity contribution < 1.29 is 17.9 Å². The van der Waals surface area contributed by atoms with Crippen molar-refractivity contribution in [2.75, 3.05) is 6.61 Å². The van der Waals surface area contributed by atoms with E-state index in [0.29, 0.717) is 11.1 Å². The molecule has 1 aliphatic rings. The van der Waals surface area contributed by atoms with E-state index in [4.69, 9.17) is 4.74 Å². The van der Waals surface area contributed by atoms with Crippen LogP contribution >= 0.6 is 0 Å². The minimum atomic E-state index is -3.91. The van der Waals surface area contributed by atoms with Crippen LogP contribution in [0.15, 0.2) is 17.0 Å². The van der Waals surface area contributed by atoms with Crippen LogP contribution in [0, 0.1) is 26.7 Å². The van der Waals surface area contributed by atoms with Crippen LogP contribution in [0.1, 0.15) is 37.0 Å². The quantitative estimate of drug-likeness (QED) is 0.853. The Balaban J connectivity index is 2.56. The minimum Gasteiger partial charge on any atom is -0.446 e. The molecule has 0 bridgehead atoms. The fraction of sp³-hybridized carbons (Fsp3) is 0.562. The normalized spacial score (nSPS) is 20.1. The maximum Gasteiger partial charge on any atom is 0.424 e. The highest BCUT2D eigenvalue weighted by Gasteiger charge is 2.45. The number of rotatable bonds is 4. The zero-order valence-corrected chi connectivity index (χ0v) is 14.5. The molecule has 0 aliphatic carbocycles. The van der Waals surface area contributed by atoms with E-state index >= 15 is 0 Å². The minimum absolute atomic E-state index is 0.0484. The molecule has 1 amide bonds. The second-order valence-electron chi connectivity index (χ2n) is 6.06. The van der Waals surface area contributed by atoms with E-state index < -0.39 is 22.2 Å². The predicted octanol–water partition coefficient (Wildman–Crippen LogP) is 3.17. The number of carbonyl (C=O) groups is 1. The van der Waals surface area contributed by atoms with Gasteiger partial charge >= 0.3 is 6.09 Å². The number of cyclic esters (lactones) is 1. The molecule has 0 N–H and O–H groups in total. The number of ether oxygens (including phenoxy) is 1. The molecular formula is C16H23NO4S. The van der Waals surface area contributed by atoms with Crippen molar-refractivity contribution in [2.45, 2.75) is 52.0 Å². The SMILES string of the molecule is CC[C@H](C)[C@H]1COC(=O)N1S(=O)(=O)c1c(C)cc(C)cc1C. The molecule has 122 valence electrons. The number of amides is 1. The Morgan fingerprint density at radius 1 is 1.27 bits per heavy atom. The van der Waals surface area contributed by atoms with Gasteiger partial charge in [0, 0.05) is 0 Å². The smallest absolute Gasteiger partial charge is 0.424 e. The first-order valence-corrected chi connectivity index (χ1v) is 8.93. The summed E-state index contributed by atoms with van der Waals surface area (Å²) in [5, 5.41) is 0. The molecule has 1 fully saturated rings. The molecule has 2 rings (SSSR count). The van der Waals surface area contributed by atoms with Gasteiger partial charge in [0.15, 0.2) is 0 Å². The number of hydrogen-bond acceptors (Lipinski definition) is 4. The van der Waals surface area contributed by atoms with E-state index in [1.54, 1.807) is 13.8 Å². The zero-order valence-electron chi connectivity index (χ0n) is 13.7. The molecule has 0 unspecified atom stereocenters. The van der Waals surface area contributed by atoms with Crippen molar-refractivity contribution in [1.29, 1.82) is 0 Å². The predicted molar refractivity (Wildman–Crippen MR) is 84.3 cm³/mol. The Hall–Kier alpha value is -1.56. The summed E-state index contributed by atoms with van der Waals surface area (Å²) in [6, 6.07) is 3.20. The lowest BCUT2D eigenvalue weighted by atomic mass is 10.0. The summed E-state index contributed by atoms with van der Waals surface area (Å²) in [4.78, 5) is 12.3. The van der Waals surface area contributed by atoms with Gasteiger partial charge in [0.2, 0.25) is 0 Å². The summed E-state index contributed by atoms with van der Waals surface area (Å²) in [5.41, 5.74) is 2.30. The fourth-order valence-corrected chi connectivity index (χ4v) is 5.04. The van der Waals surface area contributed by atoms with E-state index in [0.717, 1.165) is 16.3 Å². The molecule has 5 nitrogen and oxygen atoms in total. The molecule has 0 aromatic heterocycles. The van der Waals surface area contributed by atoms with Crippen LogP contribution in [0.5, 0.6) is 0 Å². The van der Waals surface area contributed by atoms with Crippen LogP contribution in [0.25, 0.3) is 0 Å². The van der Waals surface area contributed by atoms with E-state index in [-0.39, 0.29) is 17.4 Å². The van der Waals surface area contributed by atoms with Gasteiger partial charge in [-0.25, -0.2) is 13.2 Å². The fourth-order valence-electron chi connectivity index (χ4n) is 3.04. The largest absolute Gasteiger partial charge is 0.446 e. The molecule has 0 saturated carbocycles. The van der Waals surface area contributed by atoms with Gasteiger partial charge in [-0.2, -0.15) is 4.31 Å². The number of sulfonamides is 1. The zero-order chi connectivity index (χ0) is 16.7. The molecule has 1 aromatic rings. The topological polar surface area (TPSA) is 63.7 Å². The Kier molecular flexibility index (Phi) is 4.52. The van der Waals surface area contributed by atoms with Gasteiger partial charge in [0.1, 0.15) is 6.61 Å². The van der Waals surface area contributed by atoms with Crippen LogP contribution in [0.4, 0.5) is 4.79 Å². The lowest BCUT2D eigenvalue weighted by Gasteiger charge is -2.26. The first-order chi connectivity index (χ1) is 10.2. The lowest BCUT2D eigenvalue weighted by molar-refractivity contribution is 0.169. The third kappa shape index (κ3) is 2.72. The number of aryl methyl sites for hydroxylation is 3. The molecule has 2 atom stereocenters. The molecular weight excluding hydrogens is 302 g/mol. The Bertz CT molecular complexity index is 673. The van der Waals surface area contributed by atoms with Crippen LogP contribution in [-0.2, 0) is 14.8 Å². The van der Waals surface area contributed by atoms with Gasteiger partial charge < -0.3 is 4.74 Å². The average Bonchev–Trinajstić information content (AvgIpc) is 2.78. The Labute approximate surface area is 132 Å². The summed E-state index contributed by atoms with van der Waals surface area (Å²) in [6.45, 7) is 9.46. The monoisotopic (exact) mass is 325 g/mol. The van der Waals surface area contributed by atoms with E-state index in [2.05, 4.69) is 0 Å². The Morgan fingerprint density at radius 2 is 1.82 bits per heavy atom. The summed E-state index contributed by atoms with van der Waals surface area (Å²) in [5.74, 6) is 0.0484. The number of benzene rings is 1. The van der Waals surface area contributed by atoms with Gasteiger partial charge in [0.05, 0.1) is 10.9 Å². The van der Waals surface area contributed by atoms with Gasteiger partial charge in [-0.05, 0) is 37.8 Å². The van der Waals surface area contributed by atoms with E-state index in [1.165, 1.54) is 0 Å². The number of hydrogen-bond donors (Lipinski definition) is 0. The van der Waals surface area contributed by atoms with Crippen molar-refractivity contribution in [3.05, 3.63) is 28.8 Å². The maximum absolute atomic E-state index is 13.1. The van der Waals surface area contributed by atoms with Crippen LogP contribution in [-0.4, -0.2) is 31.5 Å². The summed E-state index contributed by atoms with van der Waals surface area (Å²) >= 11 is 0. The highest BCUT2D eigenvalue weighted by atomic mass is 32.2. The summed E-state index contributed by atoms with van der Waals surface area (Å²) < 4.78 is 32.1. The van der Waals surface area contributed by atoms with Crippen molar-refractivity contribution in [1.82, 2.24) is 4.31 Å². The molecule has 1 saturated heterocycles. The van der Waals surface area contributed by atoms with E-state index in [9.17, 15) is 13.2 Å².